The van der Waals surface area contributed by atoms with Crippen molar-refractivity contribution in [2.24, 2.45) is 5.10 Å². The number of hydrogen-bond donors (Lipinski definition) is 2. The van der Waals surface area contributed by atoms with Crippen LogP contribution in [0.25, 0.3) is 11.3 Å². The van der Waals surface area contributed by atoms with Gasteiger partial charge in [-0.1, -0.05) is 12.1 Å². The van der Waals surface area contributed by atoms with Crippen molar-refractivity contribution in [3.63, 3.8) is 0 Å². The molecule has 1 aliphatic heterocycles. The minimum atomic E-state index is -0.470. The Morgan fingerprint density at radius 1 is 1.13 bits per heavy atom. The standard InChI is InChI=1S/C20H16N4O6/c25-20(11-21-14-4-6-18-19(9-14)29-12-28-18)23-22-10-16-5-7-17(30-16)13-2-1-3-15(8-13)24(26)27/h1-10,21H,11-12H2,(H,23,25)/b22-10-. The van der Waals surface area contributed by atoms with Gasteiger partial charge in [0.15, 0.2) is 11.5 Å². The Morgan fingerprint density at radius 3 is 2.87 bits per heavy atom. The smallest absolute Gasteiger partial charge is 0.270 e. The molecule has 2 heterocycles. The lowest BCUT2D eigenvalue weighted by molar-refractivity contribution is -0.384. The summed E-state index contributed by atoms with van der Waals surface area (Å²) < 4.78 is 16.1. The second kappa shape index (κ2) is 8.35. The number of carbonyl (C=O) groups is 1. The third-order valence-electron chi connectivity index (χ3n) is 4.17. The summed E-state index contributed by atoms with van der Waals surface area (Å²) in [7, 11) is 0. The average Bonchev–Trinajstić information content (AvgIpc) is 3.41. The number of nitro groups is 1. The highest BCUT2D eigenvalue weighted by molar-refractivity contribution is 5.83. The van der Waals surface area contributed by atoms with Crippen LogP contribution < -0.4 is 20.2 Å². The summed E-state index contributed by atoms with van der Waals surface area (Å²) in [5.41, 5.74) is 3.65. The maximum absolute atomic E-state index is 11.9. The number of furan rings is 1. The highest BCUT2D eigenvalue weighted by atomic mass is 16.7. The predicted molar refractivity (Wildman–Crippen MR) is 108 cm³/mol. The van der Waals surface area contributed by atoms with Crippen molar-refractivity contribution >= 4 is 23.5 Å². The average molecular weight is 408 g/mol. The van der Waals surface area contributed by atoms with Crippen LogP contribution in [-0.2, 0) is 4.79 Å². The summed E-state index contributed by atoms with van der Waals surface area (Å²) in [6, 6.07) is 14.7. The number of nitro benzene ring substituents is 1. The minimum Gasteiger partial charge on any atom is -0.455 e. The van der Waals surface area contributed by atoms with Gasteiger partial charge in [-0.15, -0.1) is 0 Å². The lowest BCUT2D eigenvalue weighted by Gasteiger charge is -2.06. The number of non-ortho nitro benzene ring substituents is 1. The van der Waals surface area contributed by atoms with Crippen LogP contribution >= 0.6 is 0 Å². The monoisotopic (exact) mass is 408 g/mol. The molecule has 0 radical (unpaired) electrons. The van der Waals surface area contributed by atoms with Crippen LogP contribution in [0.1, 0.15) is 5.76 Å². The van der Waals surface area contributed by atoms with Crippen molar-refractivity contribution in [3.05, 3.63) is 70.5 Å². The van der Waals surface area contributed by atoms with Gasteiger partial charge in [0.25, 0.3) is 11.6 Å². The minimum absolute atomic E-state index is 0.00801. The molecular weight excluding hydrogens is 392 g/mol. The van der Waals surface area contributed by atoms with Gasteiger partial charge in [-0.25, -0.2) is 5.43 Å². The Bertz CT molecular complexity index is 1120. The Kier molecular flexibility index (Phi) is 5.29. The normalized spacial score (nSPS) is 12.1. The Hall–Kier alpha value is -4.34. The van der Waals surface area contributed by atoms with E-state index in [1.807, 2.05) is 0 Å². The van der Waals surface area contributed by atoms with E-state index in [1.54, 1.807) is 42.5 Å². The molecule has 2 N–H and O–H groups in total. The van der Waals surface area contributed by atoms with E-state index in [4.69, 9.17) is 13.9 Å². The molecule has 0 fully saturated rings. The first kappa shape index (κ1) is 19.0. The van der Waals surface area contributed by atoms with E-state index in [1.165, 1.54) is 18.3 Å². The van der Waals surface area contributed by atoms with Gasteiger partial charge < -0.3 is 19.2 Å². The van der Waals surface area contributed by atoms with Crippen LogP contribution in [0.4, 0.5) is 11.4 Å². The van der Waals surface area contributed by atoms with Crippen molar-refractivity contribution in [3.8, 4) is 22.8 Å². The van der Waals surface area contributed by atoms with E-state index in [2.05, 4.69) is 15.8 Å². The van der Waals surface area contributed by atoms with E-state index in [9.17, 15) is 14.9 Å². The first-order valence-electron chi connectivity index (χ1n) is 8.88. The summed E-state index contributed by atoms with van der Waals surface area (Å²) in [4.78, 5) is 22.3. The molecule has 2 aromatic carbocycles. The third kappa shape index (κ3) is 4.38. The summed E-state index contributed by atoms with van der Waals surface area (Å²) in [6.45, 7) is 0.192. The highest BCUT2D eigenvalue weighted by Gasteiger charge is 2.13. The first-order chi connectivity index (χ1) is 14.6. The van der Waals surface area contributed by atoms with Gasteiger partial charge in [0.2, 0.25) is 6.79 Å². The number of anilines is 1. The Balaban J connectivity index is 1.30. The zero-order valence-corrected chi connectivity index (χ0v) is 15.5. The van der Waals surface area contributed by atoms with Gasteiger partial charge in [0.1, 0.15) is 11.5 Å². The number of hydrazone groups is 1. The summed E-state index contributed by atoms with van der Waals surface area (Å²) >= 11 is 0. The summed E-state index contributed by atoms with van der Waals surface area (Å²) in [5, 5.41) is 17.7. The zero-order chi connectivity index (χ0) is 20.9. The molecule has 0 bridgehead atoms. The fraction of sp³-hybridized carbons (Fsp3) is 0.100. The number of benzene rings is 2. The molecule has 1 aromatic heterocycles. The first-order valence-corrected chi connectivity index (χ1v) is 8.88. The van der Waals surface area contributed by atoms with Crippen molar-refractivity contribution in [2.75, 3.05) is 18.7 Å². The van der Waals surface area contributed by atoms with Crippen molar-refractivity contribution in [1.82, 2.24) is 5.43 Å². The maximum atomic E-state index is 11.9. The number of hydrogen-bond acceptors (Lipinski definition) is 8. The second-order valence-electron chi connectivity index (χ2n) is 6.22. The lowest BCUT2D eigenvalue weighted by Crippen LogP contribution is -2.25. The fourth-order valence-electron chi connectivity index (χ4n) is 2.75. The van der Waals surface area contributed by atoms with Gasteiger partial charge >= 0.3 is 0 Å². The molecule has 0 saturated carbocycles. The quantitative estimate of drug-likeness (QED) is 0.349. The SMILES string of the molecule is O=C(CNc1ccc2c(c1)OCO2)N/N=C\c1ccc(-c2cccc([N+](=O)[O-])c2)o1. The van der Waals surface area contributed by atoms with Gasteiger partial charge in [-0.3, -0.25) is 14.9 Å². The molecule has 0 spiro atoms. The molecule has 1 aliphatic rings. The van der Waals surface area contributed by atoms with E-state index >= 15 is 0 Å². The molecule has 30 heavy (non-hydrogen) atoms. The molecule has 0 unspecified atom stereocenters. The van der Waals surface area contributed by atoms with E-state index in [0.717, 1.165) is 0 Å². The molecule has 1 amide bonds. The molecule has 152 valence electrons. The number of carbonyl (C=O) groups excluding carboxylic acids is 1. The number of nitrogens with zero attached hydrogens (tertiary/aromatic N) is 2. The second-order valence-corrected chi connectivity index (χ2v) is 6.22. The van der Waals surface area contributed by atoms with Crippen LogP contribution in [0.5, 0.6) is 11.5 Å². The fourth-order valence-corrected chi connectivity index (χ4v) is 2.75. The van der Waals surface area contributed by atoms with Gasteiger partial charge in [-0.05, 0) is 24.3 Å². The molecule has 4 rings (SSSR count). The van der Waals surface area contributed by atoms with Crippen molar-refractivity contribution < 1.29 is 23.6 Å². The lowest BCUT2D eigenvalue weighted by atomic mass is 10.1. The summed E-state index contributed by atoms with van der Waals surface area (Å²) in [6.07, 6.45) is 1.35. The van der Waals surface area contributed by atoms with Gasteiger partial charge in [-0.2, -0.15) is 5.10 Å². The van der Waals surface area contributed by atoms with Crippen LogP contribution in [0.2, 0.25) is 0 Å². The maximum Gasteiger partial charge on any atom is 0.270 e. The van der Waals surface area contributed by atoms with E-state index < -0.39 is 4.92 Å². The van der Waals surface area contributed by atoms with E-state index in [0.29, 0.717) is 34.3 Å². The molecule has 0 atom stereocenters. The topological polar surface area (TPSA) is 128 Å². The highest BCUT2D eigenvalue weighted by Crippen LogP contribution is 2.34. The Labute approximate surface area is 170 Å². The number of nitrogens with one attached hydrogen (secondary N) is 2. The molecule has 0 aliphatic carbocycles. The number of amides is 1. The molecular formula is C20H16N4O6. The number of fused-ring (bicyclic) bond motifs is 1. The molecule has 0 saturated heterocycles. The molecule has 10 heteroatoms. The van der Waals surface area contributed by atoms with Crippen molar-refractivity contribution in [2.45, 2.75) is 0 Å². The van der Waals surface area contributed by atoms with Crippen LogP contribution in [0, 0.1) is 10.1 Å². The largest absolute Gasteiger partial charge is 0.455 e. The number of rotatable bonds is 7. The van der Waals surface area contributed by atoms with Crippen LogP contribution in [-0.4, -0.2) is 30.4 Å². The Morgan fingerprint density at radius 2 is 2.00 bits per heavy atom. The van der Waals surface area contributed by atoms with Crippen LogP contribution in [0.15, 0.2) is 64.1 Å². The van der Waals surface area contributed by atoms with Gasteiger partial charge in [0, 0.05) is 29.4 Å². The molecule has 10 nitrogen and oxygen atoms in total. The summed E-state index contributed by atoms with van der Waals surface area (Å²) in [5.74, 6) is 1.78. The van der Waals surface area contributed by atoms with Gasteiger partial charge in [0.05, 0.1) is 17.7 Å². The van der Waals surface area contributed by atoms with Crippen molar-refractivity contribution in [1.29, 1.82) is 0 Å². The number of ether oxygens (including phenoxy) is 2. The van der Waals surface area contributed by atoms with E-state index in [-0.39, 0.29) is 24.9 Å². The third-order valence-corrected chi connectivity index (χ3v) is 4.17. The van der Waals surface area contributed by atoms with Crippen LogP contribution in [0.3, 0.4) is 0 Å². The molecule has 3 aromatic rings. The zero-order valence-electron chi connectivity index (χ0n) is 15.5. The predicted octanol–water partition coefficient (Wildman–Crippen LogP) is 3.15.